The van der Waals surface area contributed by atoms with Gasteiger partial charge in [-0.25, -0.2) is 4.68 Å². The van der Waals surface area contributed by atoms with E-state index < -0.39 is 5.91 Å². The minimum Gasteiger partial charge on any atom is -0.497 e. The molecule has 8 nitrogen and oxygen atoms in total. The van der Waals surface area contributed by atoms with Crippen LogP contribution in [0.3, 0.4) is 0 Å². The van der Waals surface area contributed by atoms with Crippen LogP contribution < -0.4 is 15.6 Å². The van der Waals surface area contributed by atoms with E-state index in [4.69, 9.17) is 4.74 Å². The molecule has 2 N–H and O–H groups in total. The van der Waals surface area contributed by atoms with Crippen LogP contribution in [0.1, 0.15) is 49.6 Å². The van der Waals surface area contributed by atoms with Crippen LogP contribution in [0.4, 0.5) is 0 Å². The fourth-order valence-corrected chi connectivity index (χ4v) is 4.68. The Kier molecular flexibility index (Phi) is 5.54. The van der Waals surface area contributed by atoms with Gasteiger partial charge in [0.1, 0.15) is 5.75 Å². The summed E-state index contributed by atoms with van der Waals surface area (Å²) < 4.78 is 6.78. The largest absolute Gasteiger partial charge is 0.497 e. The summed E-state index contributed by atoms with van der Waals surface area (Å²) in [5.74, 6) is 0.463. The molecule has 1 aliphatic carbocycles. The number of amides is 2. The highest BCUT2D eigenvalue weighted by Gasteiger charge is 2.22. The number of ether oxygens (including phenoxy) is 1. The van der Waals surface area contributed by atoms with Crippen LogP contribution >= 0.6 is 11.3 Å². The Hall–Kier alpha value is -3.20. The zero-order valence-electron chi connectivity index (χ0n) is 17.1. The highest BCUT2D eigenvalue weighted by atomic mass is 32.1. The van der Waals surface area contributed by atoms with Gasteiger partial charge in [0, 0.05) is 10.9 Å². The first-order chi connectivity index (χ1) is 14.5. The Bertz CT molecular complexity index is 1100. The minimum absolute atomic E-state index is 0.136. The van der Waals surface area contributed by atoms with Crippen molar-refractivity contribution in [2.45, 2.75) is 33.1 Å². The lowest BCUT2D eigenvalue weighted by atomic mass is 9.90. The molecule has 0 saturated carbocycles. The maximum Gasteiger partial charge on any atom is 0.292 e. The van der Waals surface area contributed by atoms with Crippen molar-refractivity contribution in [3.63, 3.8) is 0 Å². The van der Waals surface area contributed by atoms with Crippen LogP contribution in [-0.2, 0) is 12.8 Å². The Morgan fingerprint density at radius 1 is 1.23 bits per heavy atom. The predicted octanol–water partition coefficient (Wildman–Crippen LogP) is 2.85. The lowest BCUT2D eigenvalue weighted by Crippen LogP contribution is -2.41. The number of thiophene rings is 1. The predicted molar refractivity (Wildman–Crippen MR) is 113 cm³/mol. The number of hydrogen-bond acceptors (Lipinski definition) is 6. The second-order valence-electron chi connectivity index (χ2n) is 7.45. The molecule has 2 amide bonds. The summed E-state index contributed by atoms with van der Waals surface area (Å²) in [6.07, 6.45) is 3.15. The maximum absolute atomic E-state index is 12.5. The summed E-state index contributed by atoms with van der Waals surface area (Å²) in [6, 6.07) is 9.22. The molecule has 1 atom stereocenters. The number of aromatic nitrogens is 3. The number of hydrazine groups is 1. The average molecular weight is 426 g/mol. The highest BCUT2D eigenvalue weighted by Crippen LogP contribution is 2.32. The number of aryl methyl sites for hydroxylation is 1. The van der Waals surface area contributed by atoms with E-state index in [-0.39, 0.29) is 11.6 Å². The number of rotatable bonds is 4. The molecule has 1 aromatic carbocycles. The topological polar surface area (TPSA) is 98.1 Å². The second kappa shape index (κ2) is 8.27. The molecule has 0 radical (unpaired) electrons. The number of fused-ring (bicyclic) bond motifs is 1. The smallest absolute Gasteiger partial charge is 0.292 e. The van der Waals surface area contributed by atoms with Crippen LogP contribution in [0, 0.1) is 12.8 Å². The van der Waals surface area contributed by atoms with Crippen molar-refractivity contribution in [2.75, 3.05) is 7.11 Å². The molecule has 9 heteroatoms. The quantitative estimate of drug-likeness (QED) is 0.627. The zero-order chi connectivity index (χ0) is 21.3. The molecule has 1 unspecified atom stereocenters. The fraction of sp³-hybridized carbons (Fsp3) is 0.333. The van der Waals surface area contributed by atoms with Gasteiger partial charge in [-0.3, -0.25) is 20.4 Å². The number of carbonyl (C=O) groups excluding carboxylic acids is 2. The summed E-state index contributed by atoms with van der Waals surface area (Å²) in [6.45, 7) is 3.96. The summed E-state index contributed by atoms with van der Waals surface area (Å²) in [7, 11) is 1.58. The van der Waals surface area contributed by atoms with Gasteiger partial charge in [0.2, 0.25) is 0 Å². The third-order valence-corrected chi connectivity index (χ3v) is 6.49. The van der Waals surface area contributed by atoms with Gasteiger partial charge < -0.3 is 4.74 Å². The third kappa shape index (κ3) is 3.93. The normalized spacial score (nSPS) is 15.4. The molecule has 0 spiro atoms. The monoisotopic (exact) mass is 425 g/mol. The van der Waals surface area contributed by atoms with Crippen molar-refractivity contribution < 1.29 is 14.3 Å². The molecule has 1 aliphatic rings. The number of hydrogen-bond donors (Lipinski definition) is 2. The minimum atomic E-state index is -0.523. The standard InChI is InChI=1S/C21H23N5O3S/c1-12-7-8-17-14(9-12)10-18(30-17)20(27)23-24-21(28)19-13(2)26(25-22-19)15-5-4-6-16(11-15)29-3/h4-6,10-12H,7-9H2,1-3H3,(H,23,27)(H,24,28). The molecular formula is C21H23N5O3S. The molecule has 156 valence electrons. The number of carbonyl (C=O) groups is 2. The first kappa shape index (κ1) is 20.1. The number of nitrogens with zero attached hydrogens (tertiary/aromatic N) is 3. The van der Waals surface area contributed by atoms with Crippen LogP contribution in [-0.4, -0.2) is 33.9 Å². The summed E-state index contributed by atoms with van der Waals surface area (Å²) in [5, 5.41) is 8.03. The molecule has 0 bridgehead atoms. The van der Waals surface area contributed by atoms with Gasteiger partial charge in [0.25, 0.3) is 11.8 Å². The van der Waals surface area contributed by atoms with E-state index >= 15 is 0 Å². The number of nitrogens with one attached hydrogen (secondary N) is 2. The first-order valence-corrected chi connectivity index (χ1v) is 10.6. The van der Waals surface area contributed by atoms with E-state index in [1.54, 1.807) is 24.8 Å². The van der Waals surface area contributed by atoms with E-state index in [9.17, 15) is 9.59 Å². The van der Waals surface area contributed by atoms with Crippen LogP contribution in [0.2, 0.25) is 0 Å². The SMILES string of the molecule is COc1cccc(-n2nnc(C(=O)NNC(=O)c3cc4c(s3)CCC(C)C4)c2C)c1. The van der Waals surface area contributed by atoms with Crippen molar-refractivity contribution in [3.8, 4) is 11.4 Å². The molecule has 0 fully saturated rings. The van der Waals surface area contributed by atoms with Gasteiger partial charge in [-0.05, 0) is 55.9 Å². The van der Waals surface area contributed by atoms with E-state index in [1.807, 2.05) is 24.3 Å². The van der Waals surface area contributed by atoms with Crippen molar-refractivity contribution >= 4 is 23.2 Å². The van der Waals surface area contributed by atoms with Crippen molar-refractivity contribution in [1.29, 1.82) is 0 Å². The number of methoxy groups -OCH3 is 1. The second-order valence-corrected chi connectivity index (χ2v) is 8.59. The highest BCUT2D eigenvalue weighted by molar-refractivity contribution is 7.14. The van der Waals surface area contributed by atoms with Gasteiger partial charge in [0.05, 0.1) is 23.4 Å². The Balaban J connectivity index is 1.43. The van der Waals surface area contributed by atoms with E-state index in [2.05, 4.69) is 28.1 Å². The summed E-state index contributed by atoms with van der Waals surface area (Å²) >= 11 is 1.49. The van der Waals surface area contributed by atoms with Crippen molar-refractivity contribution in [2.24, 2.45) is 5.92 Å². The Labute approximate surface area is 178 Å². The molecule has 2 aromatic heterocycles. The lowest BCUT2D eigenvalue weighted by Gasteiger charge is -2.16. The third-order valence-electron chi connectivity index (χ3n) is 5.25. The van der Waals surface area contributed by atoms with Crippen LogP contribution in [0.25, 0.3) is 5.69 Å². The molecule has 2 heterocycles. The molecular weight excluding hydrogens is 402 g/mol. The van der Waals surface area contributed by atoms with Gasteiger partial charge in [-0.15, -0.1) is 16.4 Å². The van der Waals surface area contributed by atoms with E-state index in [0.29, 0.717) is 22.2 Å². The summed E-state index contributed by atoms with van der Waals surface area (Å²) in [4.78, 5) is 26.9. The fourth-order valence-electron chi connectivity index (χ4n) is 3.58. The van der Waals surface area contributed by atoms with Crippen molar-refractivity contribution in [3.05, 3.63) is 57.0 Å². The zero-order valence-corrected chi connectivity index (χ0v) is 17.9. The Morgan fingerprint density at radius 2 is 2.03 bits per heavy atom. The van der Waals surface area contributed by atoms with E-state index in [0.717, 1.165) is 24.9 Å². The summed E-state index contributed by atoms with van der Waals surface area (Å²) in [5.41, 5.74) is 7.58. The molecule has 0 saturated heterocycles. The maximum atomic E-state index is 12.5. The average Bonchev–Trinajstić information content (AvgIpc) is 3.35. The van der Waals surface area contributed by atoms with Gasteiger partial charge in [-0.1, -0.05) is 18.2 Å². The first-order valence-electron chi connectivity index (χ1n) is 9.75. The molecule has 4 rings (SSSR count). The Morgan fingerprint density at radius 3 is 2.83 bits per heavy atom. The molecule has 3 aromatic rings. The molecule has 0 aliphatic heterocycles. The number of benzene rings is 1. The molecule has 30 heavy (non-hydrogen) atoms. The van der Waals surface area contributed by atoms with Crippen molar-refractivity contribution in [1.82, 2.24) is 25.8 Å². The van der Waals surface area contributed by atoms with Crippen LogP contribution in [0.15, 0.2) is 30.3 Å². The lowest BCUT2D eigenvalue weighted by molar-refractivity contribution is 0.0845. The van der Waals surface area contributed by atoms with Gasteiger partial charge >= 0.3 is 0 Å². The van der Waals surface area contributed by atoms with Gasteiger partial charge in [0.15, 0.2) is 5.69 Å². The van der Waals surface area contributed by atoms with E-state index in [1.165, 1.54) is 21.8 Å². The van der Waals surface area contributed by atoms with Gasteiger partial charge in [-0.2, -0.15) is 0 Å². The van der Waals surface area contributed by atoms with Crippen LogP contribution in [0.5, 0.6) is 5.75 Å².